The summed E-state index contributed by atoms with van der Waals surface area (Å²) < 4.78 is 28.2. The summed E-state index contributed by atoms with van der Waals surface area (Å²) in [5, 5.41) is 0. The molecule has 0 aliphatic carbocycles. The molecular formula is C13H20BrNO2S2. The number of sulfonamides is 1. The summed E-state index contributed by atoms with van der Waals surface area (Å²) in [6.45, 7) is 9.74. The van der Waals surface area contributed by atoms with E-state index in [-0.39, 0.29) is 5.41 Å². The van der Waals surface area contributed by atoms with E-state index in [4.69, 9.17) is 0 Å². The highest BCUT2D eigenvalue weighted by Crippen LogP contribution is 2.38. The van der Waals surface area contributed by atoms with Crippen LogP contribution in [0.2, 0.25) is 0 Å². The Hall–Kier alpha value is 0.0900. The van der Waals surface area contributed by atoms with Crippen molar-refractivity contribution in [2.45, 2.75) is 38.3 Å². The van der Waals surface area contributed by atoms with Crippen LogP contribution in [0.3, 0.4) is 0 Å². The molecule has 19 heavy (non-hydrogen) atoms. The predicted octanol–water partition coefficient (Wildman–Crippen LogP) is 3.88. The first kappa shape index (κ1) is 15.5. The van der Waals surface area contributed by atoms with Crippen molar-refractivity contribution in [3.8, 4) is 0 Å². The molecule has 0 radical (unpaired) electrons. The summed E-state index contributed by atoms with van der Waals surface area (Å²) in [6.07, 6.45) is 0.953. The molecule has 0 aromatic carbocycles. The van der Waals surface area contributed by atoms with Gasteiger partial charge in [0.25, 0.3) is 10.0 Å². The molecule has 0 amide bonds. The molecule has 1 saturated heterocycles. The van der Waals surface area contributed by atoms with E-state index in [1.54, 1.807) is 10.4 Å². The van der Waals surface area contributed by atoms with Crippen molar-refractivity contribution in [2.75, 3.05) is 13.1 Å². The van der Waals surface area contributed by atoms with Gasteiger partial charge >= 0.3 is 0 Å². The first-order valence-corrected chi connectivity index (χ1v) is 9.43. The molecule has 6 heteroatoms. The Morgan fingerprint density at radius 1 is 1.42 bits per heavy atom. The Balaban J connectivity index is 2.23. The van der Waals surface area contributed by atoms with Crippen LogP contribution in [-0.2, 0) is 10.0 Å². The van der Waals surface area contributed by atoms with Crippen molar-refractivity contribution in [1.82, 2.24) is 4.31 Å². The van der Waals surface area contributed by atoms with Gasteiger partial charge in [-0.1, -0.05) is 20.8 Å². The third-order valence-electron chi connectivity index (χ3n) is 3.80. The van der Waals surface area contributed by atoms with Crippen LogP contribution in [0, 0.1) is 18.3 Å². The minimum atomic E-state index is -3.31. The van der Waals surface area contributed by atoms with Crippen molar-refractivity contribution in [3.63, 3.8) is 0 Å². The first-order chi connectivity index (χ1) is 8.62. The van der Waals surface area contributed by atoms with Gasteiger partial charge in [-0.05, 0) is 52.2 Å². The molecular weight excluding hydrogens is 346 g/mol. The van der Waals surface area contributed by atoms with Gasteiger partial charge in [-0.2, -0.15) is 4.31 Å². The molecule has 0 saturated carbocycles. The van der Waals surface area contributed by atoms with Crippen LogP contribution in [0.1, 0.15) is 32.8 Å². The fourth-order valence-electron chi connectivity index (χ4n) is 2.34. The predicted molar refractivity (Wildman–Crippen MR) is 83.1 cm³/mol. The lowest BCUT2D eigenvalue weighted by molar-refractivity contribution is 0.252. The van der Waals surface area contributed by atoms with Gasteiger partial charge in [0.1, 0.15) is 4.21 Å². The molecule has 1 aliphatic heterocycles. The average Bonchev–Trinajstić information content (AvgIpc) is 2.86. The van der Waals surface area contributed by atoms with E-state index in [0.29, 0.717) is 23.2 Å². The van der Waals surface area contributed by atoms with E-state index in [2.05, 4.69) is 36.7 Å². The highest BCUT2D eigenvalue weighted by Gasteiger charge is 2.38. The topological polar surface area (TPSA) is 37.4 Å². The van der Waals surface area contributed by atoms with Crippen molar-refractivity contribution in [3.05, 3.63) is 15.4 Å². The van der Waals surface area contributed by atoms with Crippen LogP contribution >= 0.6 is 27.3 Å². The SMILES string of the molecule is Cc1cc(S(=O)(=O)N2CCC(C(C)(C)C)C2)sc1Br. The molecule has 2 heterocycles. The number of hydrogen-bond acceptors (Lipinski definition) is 3. The van der Waals surface area contributed by atoms with Gasteiger partial charge in [0.15, 0.2) is 0 Å². The first-order valence-electron chi connectivity index (χ1n) is 6.38. The van der Waals surface area contributed by atoms with Gasteiger partial charge in [-0.15, -0.1) is 11.3 Å². The molecule has 1 atom stereocenters. The fourth-order valence-corrected chi connectivity index (χ4v) is 6.22. The minimum Gasteiger partial charge on any atom is -0.206 e. The number of halogens is 1. The second kappa shape index (κ2) is 5.13. The molecule has 1 aliphatic rings. The molecule has 2 rings (SSSR count). The lowest BCUT2D eigenvalue weighted by Gasteiger charge is -2.26. The summed E-state index contributed by atoms with van der Waals surface area (Å²) in [5.74, 6) is 0.437. The van der Waals surface area contributed by atoms with E-state index in [1.807, 2.05) is 6.92 Å². The summed E-state index contributed by atoms with van der Waals surface area (Å²) in [5.41, 5.74) is 1.14. The maximum Gasteiger partial charge on any atom is 0.252 e. The lowest BCUT2D eigenvalue weighted by Crippen LogP contribution is -2.30. The fraction of sp³-hybridized carbons (Fsp3) is 0.692. The Morgan fingerprint density at radius 2 is 2.05 bits per heavy atom. The summed E-state index contributed by atoms with van der Waals surface area (Å²) >= 11 is 4.70. The molecule has 1 aromatic heterocycles. The zero-order valence-electron chi connectivity index (χ0n) is 11.7. The van der Waals surface area contributed by atoms with E-state index in [1.165, 1.54) is 11.3 Å². The minimum absolute atomic E-state index is 0.163. The lowest BCUT2D eigenvalue weighted by atomic mass is 9.80. The highest BCUT2D eigenvalue weighted by molar-refractivity contribution is 9.11. The van der Waals surface area contributed by atoms with Crippen LogP contribution in [0.4, 0.5) is 0 Å². The van der Waals surface area contributed by atoms with Crippen molar-refractivity contribution in [1.29, 1.82) is 0 Å². The van der Waals surface area contributed by atoms with Crippen LogP contribution in [0.5, 0.6) is 0 Å². The summed E-state index contributed by atoms with van der Waals surface area (Å²) in [7, 11) is -3.31. The molecule has 0 spiro atoms. The average molecular weight is 366 g/mol. The quantitative estimate of drug-likeness (QED) is 0.797. The molecule has 1 unspecified atom stereocenters. The Morgan fingerprint density at radius 3 is 2.47 bits per heavy atom. The van der Waals surface area contributed by atoms with Crippen LogP contribution < -0.4 is 0 Å². The number of nitrogens with zero attached hydrogens (tertiary/aromatic N) is 1. The molecule has 108 valence electrons. The van der Waals surface area contributed by atoms with Gasteiger partial charge in [0, 0.05) is 13.1 Å². The zero-order chi connectivity index (χ0) is 14.4. The number of rotatable bonds is 2. The van der Waals surface area contributed by atoms with Crippen molar-refractivity contribution in [2.24, 2.45) is 11.3 Å². The Kier molecular flexibility index (Phi) is 4.18. The van der Waals surface area contributed by atoms with Gasteiger partial charge < -0.3 is 0 Å². The third-order valence-corrected chi connectivity index (χ3v) is 8.26. The maximum atomic E-state index is 12.6. The molecule has 0 bridgehead atoms. The molecule has 3 nitrogen and oxygen atoms in total. The van der Waals surface area contributed by atoms with Crippen LogP contribution in [-0.4, -0.2) is 25.8 Å². The van der Waals surface area contributed by atoms with E-state index in [0.717, 1.165) is 15.8 Å². The number of thiophene rings is 1. The van der Waals surface area contributed by atoms with E-state index in [9.17, 15) is 8.42 Å². The van der Waals surface area contributed by atoms with Gasteiger partial charge in [0.2, 0.25) is 0 Å². The molecule has 0 N–H and O–H groups in total. The van der Waals surface area contributed by atoms with Gasteiger partial charge in [0.05, 0.1) is 3.79 Å². The second-order valence-electron chi connectivity index (χ2n) is 6.24. The van der Waals surface area contributed by atoms with Gasteiger partial charge in [-0.3, -0.25) is 0 Å². The number of aryl methyl sites for hydroxylation is 1. The van der Waals surface area contributed by atoms with Crippen molar-refractivity contribution < 1.29 is 8.42 Å². The second-order valence-corrected chi connectivity index (χ2v) is 10.8. The smallest absolute Gasteiger partial charge is 0.206 e. The molecule has 1 aromatic rings. The Labute approximate surface area is 128 Å². The van der Waals surface area contributed by atoms with E-state index < -0.39 is 10.0 Å². The summed E-state index contributed by atoms with van der Waals surface area (Å²) in [4.78, 5) is 0. The Bertz CT molecular complexity index is 552. The monoisotopic (exact) mass is 365 g/mol. The molecule has 1 fully saturated rings. The third kappa shape index (κ3) is 3.06. The summed E-state index contributed by atoms with van der Waals surface area (Å²) in [6, 6.07) is 1.76. The van der Waals surface area contributed by atoms with Gasteiger partial charge in [-0.25, -0.2) is 8.42 Å². The van der Waals surface area contributed by atoms with Crippen LogP contribution in [0.15, 0.2) is 14.1 Å². The number of hydrogen-bond donors (Lipinski definition) is 0. The highest BCUT2D eigenvalue weighted by atomic mass is 79.9. The zero-order valence-corrected chi connectivity index (χ0v) is 15.0. The van der Waals surface area contributed by atoms with Crippen LogP contribution in [0.25, 0.3) is 0 Å². The normalized spacial score (nSPS) is 22.1. The van der Waals surface area contributed by atoms with Crippen molar-refractivity contribution >= 4 is 37.3 Å². The van der Waals surface area contributed by atoms with E-state index >= 15 is 0 Å². The standard InChI is InChI=1S/C13H20BrNO2S2/c1-9-7-11(18-12(9)14)19(16,17)15-6-5-10(8-15)13(2,3)4/h7,10H,5-6,8H2,1-4H3. The largest absolute Gasteiger partial charge is 0.252 e. The maximum absolute atomic E-state index is 12.6.